The normalized spacial score (nSPS) is 22.2. The molecular formula is C17H19NO2. The van der Waals surface area contributed by atoms with E-state index < -0.39 is 0 Å². The summed E-state index contributed by atoms with van der Waals surface area (Å²) in [7, 11) is 1.70. The standard InChI is InChI=1S/C17H19NO2/c1-20-14-10-16(18-11-14)17(19)9-13-7-4-6-12-5-2-3-8-15(12)13/h2-8,14,16,18H,9-11H2,1H3. The first kappa shape index (κ1) is 13.3. The summed E-state index contributed by atoms with van der Waals surface area (Å²) in [4.78, 5) is 12.4. The van der Waals surface area contributed by atoms with Crippen molar-refractivity contribution >= 4 is 16.6 Å². The van der Waals surface area contributed by atoms with Crippen LogP contribution in [-0.4, -0.2) is 31.6 Å². The van der Waals surface area contributed by atoms with Crippen molar-refractivity contribution in [2.45, 2.75) is 25.0 Å². The van der Waals surface area contributed by atoms with Gasteiger partial charge >= 0.3 is 0 Å². The number of Topliss-reactive ketones (excluding diaryl/α,β-unsaturated/α-hetero) is 1. The van der Waals surface area contributed by atoms with Crippen molar-refractivity contribution in [2.24, 2.45) is 0 Å². The number of benzene rings is 2. The fourth-order valence-electron chi connectivity index (χ4n) is 2.89. The summed E-state index contributed by atoms with van der Waals surface area (Å²) in [5.74, 6) is 0.251. The maximum atomic E-state index is 12.4. The van der Waals surface area contributed by atoms with Crippen molar-refractivity contribution in [1.82, 2.24) is 5.32 Å². The molecule has 0 bridgehead atoms. The zero-order valence-electron chi connectivity index (χ0n) is 11.6. The van der Waals surface area contributed by atoms with Crippen LogP contribution < -0.4 is 5.32 Å². The minimum atomic E-state index is -0.0704. The number of methoxy groups -OCH3 is 1. The number of carbonyl (C=O) groups is 1. The van der Waals surface area contributed by atoms with Crippen molar-refractivity contribution in [3.8, 4) is 0 Å². The second-order valence-corrected chi connectivity index (χ2v) is 5.34. The van der Waals surface area contributed by atoms with E-state index in [0.29, 0.717) is 6.42 Å². The second-order valence-electron chi connectivity index (χ2n) is 5.34. The van der Waals surface area contributed by atoms with E-state index in [2.05, 4.69) is 23.5 Å². The van der Waals surface area contributed by atoms with Crippen molar-refractivity contribution < 1.29 is 9.53 Å². The van der Waals surface area contributed by atoms with Crippen LogP contribution in [0.2, 0.25) is 0 Å². The fraction of sp³-hybridized carbons (Fsp3) is 0.353. The topological polar surface area (TPSA) is 38.3 Å². The number of nitrogens with one attached hydrogen (secondary N) is 1. The molecule has 2 unspecified atom stereocenters. The largest absolute Gasteiger partial charge is 0.380 e. The third-order valence-corrected chi connectivity index (χ3v) is 4.06. The Bertz CT molecular complexity index is 618. The van der Waals surface area contributed by atoms with Crippen LogP contribution in [0.5, 0.6) is 0 Å². The summed E-state index contributed by atoms with van der Waals surface area (Å²) in [6.07, 6.45) is 1.42. The van der Waals surface area contributed by atoms with Gasteiger partial charge in [-0.1, -0.05) is 42.5 Å². The van der Waals surface area contributed by atoms with E-state index in [1.807, 2.05) is 24.3 Å². The maximum absolute atomic E-state index is 12.4. The van der Waals surface area contributed by atoms with Gasteiger partial charge in [0.1, 0.15) is 0 Å². The Balaban J connectivity index is 1.78. The van der Waals surface area contributed by atoms with Gasteiger partial charge in [-0.2, -0.15) is 0 Å². The molecule has 0 amide bonds. The van der Waals surface area contributed by atoms with E-state index in [4.69, 9.17) is 4.74 Å². The Kier molecular flexibility index (Phi) is 3.81. The number of fused-ring (bicyclic) bond motifs is 1. The molecule has 0 aromatic heterocycles. The minimum absolute atomic E-state index is 0.0704. The highest BCUT2D eigenvalue weighted by Gasteiger charge is 2.29. The zero-order valence-corrected chi connectivity index (χ0v) is 11.6. The zero-order chi connectivity index (χ0) is 13.9. The lowest BCUT2D eigenvalue weighted by molar-refractivity contribution is -0.120. The summed E-state index contributed by atoms with van der Waals surface area (Å²) in [5.41, 5.74) is 1.11. The van der Waals surface area contributed by atoms with E-state index in [1.165, 1.54) is 10.8 Å². The first-order valence-electron chi connectivity index (χ1n) is 7.03. The van der Waals surface area contributed by atoms with Crippen LogP contribution >= 0.6 is 0 Å². The van der Waals surface area contributed by atoms with E-state index in [9.17, 15) is 4.79 Å². The molecule has 2 aromatic rings. The molecule has 2 aromatic carbocycles. The predicted molar refractivity (Wildman–Crippen MR) is 79.9 cm³/mol. The summed E-state index contributed by atoms with van der Waals surface area (Å²) in [6.45, 7) is 0.766. The number of hydrogen-bond donors (Lipinski definition) is 1. The quantitative estimate of drug-likeness (QED) is 0.925. The van der Waals surface area contributed by atoms with Crippen LogP contribution in [0.4, 0.5) is 0 Å². The van der Waals surface area contributed by atoms with Gasteiger partial charge < -0.3 is 10.1 Å². The van der Waals surface area contributed by atoms with Crippen LogP contribution in [0.15, 0.2) is 42.5 Å². The Hall–Kier alpha value is -1.71. The van der Waals surface area contributed by atoms with Crippen LogP contribution in [-0.2, 0) is 16.0 Å². The van der Waals surface area contributed by atoms with E-state index in [1.54, 1.807) is 7.11 Å². The van der Waals surface area contributed by atoms with Gasteiger partial charge in [-0.3, -0.25) is 4.79 Å². The highest BCUT2D eigenvalue weighted by Crippen LogP contribution is 2.20. The molecular weight excluding hydrogens is 250 g/mol. The molecule has 3 rings (SSSR count). The van der Waals surface area contributed by atoms with Gasteiger partial charge in [0, 0.05) is 20.1 Å². The smallest absolute Gasteiger partial charge is 0.154 e. The first-order valence-corrected chi connectivity index (χ1v) is 7.03. The van der Waals surface area contributed by atoms with Crippen molar-refractivity contribution in [2.75, 3.05) is 13.7 Å². The van der Waals surface area contributed by atoms with Crippen molar-refractivity contribution in [3.05, 3.63) is 48.0 Å². The molecule has 2 atom stereocenters. The van der Waals surface area contributed by atoms with Crippen molar-refractivity contribution in [1.29, 1.82) is 0 Å². The summed E-state index contributed by atoms with van der Waals surface area (Å²) in [6, 6.07) is 14.3. The van der Waals surface area contributed by atoms with Gasteiger partial charge in [-0.25, -0.2) is 0 Å². The minimum Gasteiger partial charge on any atom is -0.380 e. The lowest BCUT2D eigenvalue weighted by atomic mass is 9.97. The molecule has 3 heteroatoms. The SMILES string of the molecule is COC1CNC(C(=O)Cc2cccc3ccccc23)C1. The van der Waals surface area contributed by atoms with Gasteiger partial charge in [0.05, 0.1) is 12.1 Å². The molecule has 1 aliphatic heterocycles. The number of rotatable bonds is 4. The molecule has 1 fully saturated rings. The first-order chi connectivity index (χ1) is 9.78. The molecule has 0 spiro atoms. The molecule has 1 heterocycles. The Morgan fingerprint density at radius 1 is 1.25 bits per heavy atom. The number of carbonyl (C=O) groups excluding carboxylic acids is 1. The van der Waals surface area contributed by atoms with Crippen LogP contribution in [0.25, 0.3) is 10.8 Å². The number of ketones is 1. The summed E-state index contributed by atoms with van der Waals surface area (Å²) >= 11 is 0. The van der Waals surface area contributed by atoms with Gasteiger partial charge in [0.15, 0.2) is 5.78 Å². The number of hydrogen-bond acceptors (Lipinski definition) is 3. The molecule has 0 radical (unpaired) electrons. The average Bonchev–Trinajstić information content (AvgIpc) is 2.97. The second kappa shape index (κ2) is 5.73. The molecule has 0 aliphatic carbocycles. The summed E-state index contributed by atoms with van der Waals surface area (Å²) < 4.78 is 5.30. The molecule has 3 nitrogen and oxygen atoms in total. The van der Waals surface area contributed by atoms with E-state index in [0.717, 1.165) is 18.5 Å². The maximum Gasteiger partial charge on any atom is 0.154 e. The van der Waals surface area contributed by atoms with E-state index in [-0.39, 0.29) is 17.9 Å². The Morgan fingerprint density at radius 3 is 2.85 bits per heavy atom. The summed E-state index contributed by atoms with van der Waals surface area (Å²) in [5, 5.41) is 5.61. The van der Waals surface area contributed by atoms with Gasteiger partial charge in [-0.05, 0) is 22.8 Å². The molecule has 104 valence electrons. The van der Waals surface area contributed by atoms with Crippen LogP contribution in [0.1, 0.15) is 12.0 Å². The van der Waals surface area contributed by atoms with Crippen molar-refractivity contribution in [3.63, 3.8) is 0 Å². The fourth-order valence-corrected chi connectivity index (χ4v) is 2.89. The third kappa shape index (κ3) is 2.60. The Labute approximate surface area is 118 Å². The third-order valence-electron chi connectivity index (χ3n) is 4.06. The van der Waals surface area contributed by atoms with Gasteiger partial charge in [0.25, 0.3) is 0 Å². The number of ether oxygens (including phenoxy) is 1. The average molecular weight is 269 g/mol. The monoisotopic (exact) mass is 269 g/mol. The molecule has 1 saturated heterocycles. The lowest BCUT2D eigenvalue weighted by Gasteiger charge is -2.11. The lowest BCUT2D eigenvalue weighted by Crippen LogP contribution is -2.31. The molecule has 20 heavy (non-hydrogen) atoms. The predicted octanol–water partition coefficient (Wildman–Crippen LogP) is 2.33. The van der Waals surface area contributed by atoms with E-state index >= 15 is 0 Å². The highest BCUT2D eigenvalue weighted by atomic mass is 16.5. The van der Waals surface area contributed by atoms with Gasteiger partial charge in [-0.15, -0.1) is 0 Å². The van der Waals surface area contributed by atoms with Crippen LogP contribution in [0, 0.1) is 0 Å². The molecule has 1 N–H and O–H groups in total. The molecule has 0 saturated carbocycles. The van der Waals surface area contributed by atoms with Gasteiger partial charge in [0.2, 0.25) is 0 Å². The Morgan fingerprint density at radius 2 is 2.05 bits per heavy atom. The molecule has 1 aliphatic rings. The van der Waals surface area contributed by atoms with Crippen LogP contribution in [0.3, 0.4) is 0 Å². The highest BCUT2D eigenvalue weighted by molar-refractivity contribution is 5.93.